The summed E-state index contributed by atoms with van der Waals surface area (Å²) in [7, 11) is 0. The van der Waals surface area contributed by atoms with Crippen LogP contribution in [0.3, 0.4) is 0 Å². The van der Waals surface area contributed by atoms with E-state index in [-0.39, 0.29) is 17.0 Å². The predicted molar refractivity (Wildman–Crippen MR) is 149 cm³/mol. The van der Waals surface area contributed by atoms with E-state index in [0.717, 1.165) is 0 Å². The first-order valence-electron chi connectivity index (χ1n) is 15.1. The molecular formula is C30H64AsBr. The van der Waals surface area contributed by atoms with Crippen molar-refractivity contribution in [2.45, 2.75) is 190 Å². The van der Waals surface area contributed by atoms with Crippen molar-refractivity contribution in [3.05, 3.63) is 0 Å². The molecule has 0 rings (SSSR count). The number of halogens is 1. The van der Waals surface area contributed by atoms with Crippen molar-refractivity contribution in [2.24, 2.45) is 0 Å². The third-order valence-corrected chi connectivity index (χ3v) is 18.1. The number of rotatable bonds is 26. The molecule has 0 heterocycles. The van der Waals surface area contributed by atoms with E-state index in [2.05, 4.69) is 27.7 Å². The predicted octanol–water partition coefficient (Wildman–Crippen LogP) is 9.10. The maximum Gasteiger partial charge on any atom is -1.00 e. The maximum absolute atomic E-state index is 2.40. The van der Waals surface area contributed by atoms with Gasteiger partial charge in [0.15, 0.2) is 0 Å². The summed E-state index contributed by atoms with van der Waals surface area (Å²) in [5, 5.41) is 6.71. The van der Waals surface area contributed by atoms with Crippen molar-refractivity contribution < 1.29 is 17.0 Å². The summed E-state index contributed by atoms with van der Waals surface area (Å²) in [6, 6.07) is 0. The third-order valence-electron chi connectivity index (χ3n) is 7.44. The molecule has 0 radical (unpaired) electrons. The van der Waals surface area contributed by atoms with Crippen molar-refractivity contribution in [3.8, 4) is 0 Å². The first-order valence-corrected chi connectivity index (χ1v) is 20.4. The normalized spacial score (nSPS) is 11.6. The molecule has 0 fully saturated rings. The molecule has 0 N–H and O–H groups in total. The van der Waals surface area contributed by atoms with E-state index in [1.165, 1.54) is 135 Å². The van der Waals surface area contributed by atoms with E-state index in [9.17, 15) is 0 Å². The molecule has 2 heteroatoms. The maximum atomic E-state index is 2.40. The van der Waals surface area contributed by atoms with E-state index >= 15 is 0 Å². The van der Waals surface area contributed by atoms with E-state index in [1.54, 1.807) is 27.3 Å². The van der Waals surface area contributed by atoms with Crippen LogP contribution in [0.25, 0.3) is 0 Å². The van der Waals surface area contributed by atoms with Crippen molar-refractivity contribution >= 4 is 13.6 Å². The zero-order chi connectivity index (χ0) is 22.9. The molecule has 0 aromatic carbocycles. The van der Waals surface area contributed by atoms with Crippen molar-refractivity contribution in [3.63, 3.8) is 0 Å². The average Bonchev–Trinajstić information content (AvgIpc) is 2.79. The van der Waals surface area contributed by atoms with E-state index in [0.29, 0.717) is 0 Å². The zero-order valence-electron chi connectivity index (χ0n) is 23.2. The Morgan fingerprint density at radius 2 is 0.500 bits per heavy atom. The second kappa shape index (κ2) is 28.3. The molecule has 0 aliphatic rings. The minimum absolute atomic E-state index is 0. The molecule has 32 heavy (non-hydrogen) atoms. The summed E-state index contributed by atoms with van der Waals surface area (Å²) in [5.41, 5.74) is 0. The Labute approximate surface area is 219 Å². The van der Waals surface area contributed by atoms with E-state index in [1.807, 2.05) is 0 Å². The van der Waals surface area contributed by atoms with Gasteiger partial charge in [0, 0.05) is 0 Å². The van der Waals surface area contributed by atoms with Crippen molar-refractivity contribution in [1.82, 2.24) is 0 Å². The summed E-state index contributed by atoms with van der Waals surface area (Å²) in [5.74, 6) is 0. The van der Waals surface area contributed by atoms with Gasteiger partial charge in [0.25, 0.3) is 0 Å². The van der Waals surface area contributed by atoms with Crippen LogP contribution in [0.4, 0.5) is 0 Å². The second-order valence-electron chi connectivity index (χ2n) is 10.6. The van der Waals surface area contributed by atoms with Gasteiger partial charge in [0.05, 0.1) is 0 Å². The smallest absolute Gasteiger partial charge is 1.00 e. The molecule has 0 aliphatic carbocycles. The van der Waals surface area contributed by atoms with Crippen LogP contribution in [0.5, 0.6) is 0 Å². The second-order valence-corrected chi connectivity index (χ2v) is 20.0. The minimum Gasteiger partial charge on any atom is -1.00 e. The summed E-state index contributed by atoms with van der Waals surface area (Å²) < 4.78 is 0. The van der Waals surface area contributed by atoms with Gasteiger partial charge in [-0.1, -0.05) is 39.0 Å². The van der Waals surface area contributed by atoms with Crippen LogP contribution in [-0.2, 0) is 0 Å². The van der Waals surface area contributed by atoms with Crippen LogP contribution in [0.1, 0.15) is 169 Å². The van der Waals surface area contributed by atoms with Crippen LogP contribution in [-0.4, -0.2) is 13.6 Å². The van der Waals surface area contributed by atoms with E-state index < -0.39 is 13.6 Å². The van der Waals surface area contributed by atoms with Crippen LogP contribution >= 0.6 is 0 Å². The molecular weight excluding hydrogens is 515 g/mol. The van der Waals surface area contributed by atoms with Gasteiger partial charge >= 0.3 is 164 Å². The Balaban J connectivity index is 0. The molecule has 0 atom stereocenters. The quantitative estimate of drug-likeness (QED) is 0.0708. The fourth-order valence-corrected chi connectivity index (χ4v) is 16.1. The molecule has 196 valence electrons. The Kier molecular flexibility index (Phi) is 31.1. The minimum atomic E-state index is -1.36. The largest absolute Gasteiger partial charge is 1.00 e. The Bertz CT molecular complexity index is 309. The number of hydrogen-bond donors (Lipinski definition) is 0. The van der Waals surface area contributed by atoms with Gasteiger partial charge in [0.1, 0.15) is 0 Å². The molecule has 0 spiro atoms. The van der Waals surface area contributed by atoms with Gasteiger partial charge in [-0.3, -0.25) is 0 Å². The van der Waals surface area contributed by atoms with Crippen molar-refractivity contribution in [2.75, 3.05) is 0 Å². The Morgan fingerprint density at radius 3 is 0.781 bits per heavy atom. The third kappa shape index (κ3) is 22.8. The number of hydrogen-bond acceptors (Lipinski definition) is 0. The Hall–Kier alpha value is 1.04. The summed E-state index contributed by atoms with van der Waals surface area (Å²) in [6.45, 7) is 9.51. The topological polar surface area (TPSA) is 0 Å². The Morgan fingerprint density at radius 1 is 0.281 bits per heavy atom. The first-order chi connectivity index (χ1) is 15.2. The van der Waals surface area contributed by atoms with Crippen LogP contribution in [0.2, 0.25) is 20.8 Å². The molecule has 0 saturated carbocycles. The van der Waals surface area contributed by atoms with E-state index in [4.69, 9.17) is 0 Å². The fraction of sp³-hybridized carbons (Fsp3) is 1.00. The number of unbranched alkanes of at least 4 members (excludes halogenated alkanes) is 18. The molecule has 0 bridgehead atoms. The van der Waals surface area contributed by atoms with Gasteiger partial charge in [0.2, 0.25) is 0 Å². The summed E-state index contributed by atoms with van der Waals surface area (Å²) in [6.07, 6.45) is 32.7. The van der Waals surface area contributed by atoms with Crippen LogP contribution in [0, 0.1) is 0 Å². The van der Waals surface area contributed by atoms with Gasteiger partial charge in [-0.2, -0.15) is 0 Å². The van der Waals surface area contributed by atoms with Crippen molar-refractivity contribution in [1.29, 1.82) is 0 Å². The monoisotopic (exact) mass is 578 g/mol. The molecule has 0 saturated heterocycles. The van der Waals surface area contributed by atoms with Gasteiger partial charge in [-0.15, -0.1) is 0 Å². The molecule has 0 aromatic rings. The molecule has 0 aliphatic heterocycles. The molecule has 0 amide bonds. The van der Waals surface area contributed by atoms with Gasteiger partial charge in [-0.25, -0.2) is 0 Å². The van der Waals surface area contributed by atoms with Crippen LogP contribution in [0.15, 0.2) is 0 Å². The molecule has 0 unspecified atom stereocenters. The first kappa shape index (κ1) is 35.2. The van der Waals surface area contributed by atoms with Crippen LogP contribution < -0.4 is 17.0 Å². The molecule has 0 nitrogen and oxygen atoms in total. The standard InChI is InChI=1S/C30H64As.BrH/c1-5-9-13-14-15-16-17-18-19-20-21-22-23-24-25-26-30-31(27-10-6-2,28-11-7-3)29-12-8-4;/h5-30H2,1-4H3;1H/q+1;/p-1. The molecule has 0 aromatic heterocycles. The van der Waals surface area contributed by atoms with Gasteiger partial charge < -0.3 is 17.0 Å². The fourth-order valence-electron chi connectivity index (χ4n) is 5.15. The zero-order valence-corrected chi connectivity index (χ0v) is 26.7. The average molecular weight is 580 g/mol. The SMILES string of the molecule is CCCCCCCCCCCCCCCCCC[As+](CCCC)(CCCC)CCCC.[Br-]. The van der Waals surface area contributed by atoms with Gasteiger partial charge in [-0.05, 0) is 0 Å². The summed E-state index contributed by atoms with van der Waals surface area (Å²) in [4.78, 5) is 0. The summed E-state index contributed by atoms with van der Waals surface area (Å²) >= 11 is -1.36.